The molecule has 0 radical (unpaired) electrons. The first-order valence-electron chi connectivity index (χ1n) is 4.86. The Morgan fingerprint density at radius 1 is 1.41 bits per heavy atom. The minimum atomic E-state index is -1.17. The summed E-state index contributed by atoms with van der Waals surface area (Å²) in [4.78, 5) is 21.6. The average Bonchev–Trinajstić information content (AvgIpc) is 2.15. The maximum Gasteiger partial charge on any atom is 0.312 e. The minimum Gasteiger partial charge on any atom is -0.481 e. The van der Waals surface area contributed by atoms with E-state index in [0.717, 1.165) is 0 Å². The van der Waals surface area contributed by atoms with Crippen LogP contribution in [0, 0.1) is 0 Å². The quantitative estimate of drug-likeness (QED) is 0.831. The van der Waals surface area contributed by atoms with Gasteiger partial charge in [-0.1, -0.05) is 29.3 Å². The predicted molar refractivity (Wildman–Crippen MR) is 65.3 cm³/mol. The molecule has 0 spiro atoms. The van der Waals surface area contributed by atoms with Crippen LogP contribution in [0.25, 0.3) is 0 Å². The normalized spacial score (nSPS) is 11.9. The fraction of sp³-hybridized carbons (Fsp3) is 0.273. The van der Waals surface area contributed by atoms with Crippen molar-refractivity contribution in [3.63, 3.8) is 0 Å². The van der Waals surface area contributed by atoms with Gasteiger partial charge in [0.05, 0.1) is 6.04 Å². The number of amides is 1. The second-order valence-corrected chi connectivity index (χ2v) is 4.37. The standard InChI is InChI=1S/C11H11Cl2NO3/c1-6(14-10(15)5-11(16)17)8-3-2-7(12)4-9(8)13/h2-4,6H,5H2,1H3,(H,14,15)(H,16,17). The first-order chi connectivity index (χ1) is 7.90. The highest BCUT2D eigenvalue weighted by Gasteiger charge is 2.14. The molecule has 0 bridgehead atoms. The van der Waals surface area contributed by atoms with E-state index >= 15 is 0 Å². The highest BCUT2D eigenvalue weighted by atomic mass is 35.5. The van der Waals surface area contributed by atoms with E-state index in [-0.39, 0.29) is 6.04 Å². The SMILES string of the molecule is CC(NC(=O)CC(=O)O)c1ccc(Cl)cc1Cl. The third kappa shape index (κ3) is 4.24. The lowest BCUT2D eigenvalue weighted by atomic mass is 10.1. The average molecular weight is 276 g/mol. The van der Waals surface area contributed by atoms with Crippen molar-refractivity contribution < 1.29 is 14.7 Å². The molecule has 1 rings (SSSR count). The first kappa shape index (κ1) is 13.8. The van der Waals surface area contributed by atoms with Crippen LogP contribution in [0.1, 0.15) is 24.9 Å². The number of hydrogen-bond donors (Lipinski definition) is 2. The second-order valence-electron chi connectivity index (χ2n) is 3.53. The van der Waals surface area contributed by atoms with Gasteiger partial charge in [0, 0.05) is 10.0 Å². The topological polar surface area (TPSA) is 66.4 Å². The monoisotopic (exact) mass is 275 g/mol. The molecule has 0 saturated carbocycles. The van der Waals surface area contributed by atoms with Crippen LogP contribution in [0.3, 0.4) is 0 Å². The predicted octanol–water partition coefficient (Wildman–Crippen LogP) is 2.65. The maximum absolute atomic E-state index is 11.3. The fourth-order valence-corrected chi connectivity index (χ4v) is 1.93. The van der Waals surface area contributed by atoms with Gasteiger partial charge in [0.2, 0.25) is 5.91 Å². The van der Waals surface area contributed by atoms with Gasteiger partial charge in [0.1, 0.15) is 6.42 Å². The number of carboxylic acids is 1. The van der Waals surface area contributed by atoms with Gasteiger partial charge in [0.25, 0.3) is 0 Å². The molecular weight excluding hydrogens is 265 g/mol. The van der Waals surface area contributed by atoms with Gasteiger partial charge in [-0.2, -0.15) is 0 Å². The van der Waals surface area contributed by atoms with Crippen molar-refractivity contribution in [3.8, 4) is 0 Å². The van der Waals surface area contributed by atoms with Gasteiger partial charge in [-0.25, -0.2) is 0 Å². The number of hydrogen-bond acceptors (Lipinski definition) is 2. The van der Waals surface area contributed by atoms with Crippen LogP contribution < -0.4 is 5.32 Å². The van der Waals surface area contributed by atoms with E-state index in [0.29, 0.717) is 15.6 Å². The number of rotatable bonds is 4. The lowest BCUT2D eigenvalue weighted by molar-refractivity contribution is -0.140. The van der Waals surface area contributed by atoms with E-state index in [4.69, 9.17) is 28.3 Å². The van der Waals surface area contributed by atoms with Crippen molar-refractivity contribution in [2.75, 3.05) is 0 Å². The Balaban J connectivity index is 2.73. The minimum absolute atomic E-state index is 0.369. The van der Waals surface area contributed by atoms with E-state index in [1.807, 2.05) is 0 Å². The molecule has 2 N–H and O–H groups in total. The third-order valence-corrected chi connectivity index (χ3v) is 2.68. The Labute approximate surface area is 109 Å². The van der Waals surface area contributed by atoms with Crippen LogP contribution in [0.15, 0.2) is 18.2 Å². The molecule has 1 atom stereocenters. The van der Waals surface area contributed by atoms with Gasteiger partial charge < -0.3 is 10.4 Å². The molecule has 1 unspecified atom stereocenters. The summed E-state index contributed by atoms with van der Waals surface area (Å²) in [6.07, 6.45) is -0.560. The van der Waals surface area contributed by atoms with Crippen molar-refractivity contribution in [1.82, 2.24) is 5.32 Å². The van der Waals surface area contributed by atoms with Crippen molar-refractivity contribution in [2.45, 2.75) is 19.4 Å². The molecule has 1 aromatic carbocycles. The zero-order valence-corrected chi connectivity index (χ0v) is 10.5. The molecule has 0 aromatic heterocycles. The Bertz CT molecular complexity index is 448. The number of benzene rings is 1. The molecule has 0 heterocycles. The van der Waals surface area contributed by atoms with Gasteiger partial charge in [-0.15, -0.1) is 0 Å². The third-order valence-electron chi connectivity index (χ3n) is 2.12. The van der Waals surface area contributed by atoms with Crippen LogP contribution in [0.5, 0.6) is 0 Å². The number of halogens is 2. The molecule has 6 heteroatoms. The number of aliphatic carboxylic acids is 1. The highest BCUT2D eigenvalue weighted by molar-refractivity contribution is 6.35. The summed E-state index contributed by atoms with van der Waals surface area (Å²) in [7, 11) is 0. The van der Waals surface area contributed by atoms with Gasteiger partial charge in [0.15, 0.2) is 0 Å². The second kappa shape index (κ2) is 5.89. The van der Waals surface area contributed by atoms with Gasteiger partial charge in [-0.05, 0) is 24.6 Å². The largest absolute Gasteiger partial charge is 0.481 e. The van der Waals surface area contributed by atoms with E-state index in [1.165, 1.54) is 0 Å². The highest BCUT2D eigenvalue weighted by Crippen LogP contribution is 2.25. The van der Waals surface area contributed by atoms with E-state index in [1.54, 1.807) is 25.1 Å². The van der Waals surface area contributed by atoms with Crippen LogP contribution in [-0.2, 0) is 9.59 Å². The van der Waals surface area contributed by atoms with E-state index in [9.17, 15) is 9.59 Å². The van der Waals surface area contributed by atoms with Crippen molar-refractivity contribution in [3.05, 3.63) is 33.8 Å². The molecule has 0 aliphatic rings. The van der Waals surface area contributed by atoms with E-state index in [2.05, 4.69) is 5.32 Å². The Kier molecular flexibility index (Phi) is 4.78. The molecule has 92 valence electrons. The number of carbonyl (C=O) groups excluding carboxylic acids is 1. The Morgan fingerprint density at radius 2 is 2.06 bits per heavy atom. The number of carbonyl (C=O) groups is 2. The Morgan fingerprint density at radius 3 is 2.59 bits per heavy atom. The molecule has 0 saturated heterocycles. The van der Waals surface area contributed by atoms with Crippen molar-refractivity contribution in [2.24, 2.45) is 0 Å². The number of nitrogens with one attached hydrogen (secondary N) is 1. The molecule has 0 aliphatic heterocycles. The lowest BCUT2D eigenvalue weighted by Crippen LogP contribution is -2.28. The van der Waals surface area contributed by atoms with Crippen molar-refractivity contribution >= 4 is 35.1 Å². The van der Waals surface area contributed by atoms with Crippen molar-refractivity contribution in [1.29, 1.82) is 0 Å². The zero-order valence-electron chi connectivity index (χ0n) is 9.04. The lowest BCUT2D eigenvalue weighted by Gasteiger charge is -2.15. The van der Waals surface area contributed by atoms with E-state index < -0.39 is 18.3 Å². The summed E-state index contributed by atoms with van der Waals surface area (Å²) in [6.45, 7) is 1.72. The molecule has 17 heavy (non-hydrogen) atoms. The molecule has 0 aliphatic carbocycles. The summed E-state index contributed by atoms with van der Waals surface area (Å²) < 4.78 is 0. The fourth-order valence-electron chi connectivity index (χ4n) is 1.36. The molecule has 0 fully saturated rings. The van der Waals surface area contributed by atoms with Crippen LogP contribution in [0.2, 0.25) is 10.0 Å². The van der Waals surface area contributed by atoms with Gasteiger partial charge in [-0.3, -0.25) is 9.59 Å². The van der Waals surface area contributed by atoms with Gasteiger partial charge >= 0.3 is 5.97 Å². The summed E-state index contributed by atoms with van der Waals surface area (Å²) in [5.41, 5.74) is 0.690. The summed E-state index contributed by atoms with van der Waals surface area (Å²) in [6, 6.07) is 4.55. The molecule has 1 amide bonds. The summed E-state index contributed by atoms with van der Waals surface area (Å²) >= 11 is 11.7. The molecular formula is C11H11Cl2NO3. The van der Waals surface area contributed by atoms with Crippen LogP contribution in [-0.4, -0.2) is 17.0 Å². The number of carboxylic acid groups (broad SMARTS) is 1. The van der Waals surface area contributed by atoms with Crippen LogP contribution in [0.4, 0.5) is 0 Å². The molecule has 4 nitrogen and oxygen atoms in total. The summed E-state index contributed by atoms with van der Waals surface area (Å²) in [5.74, 6) is -1.73. The van der Waals surface area contributed by atoms with Crippen LogP contribution >= 0.6 is 23.2 Å². The Hall–Kier alpha value is -1.26. The first-order valence-corrected chi connectivity index (χ1v) is 5.62. The smallest absolute Gasteiger partial charge is 0.312 e. The maximum atomic E-state index is 11.3. The zero-order chi connectivity index (χ0) is 13.0. The summed E-state index contributed by atoms with van der Waals surface area (Å²) in [5, 5.41) is 11.9. The molecule has 1 aromatic rings.